The minimum atomic E-state index is -0.875. The Morgan fingerprint density at radius 1 is 1.25 bits per heavy atom. The number of carbonyl (C=O) groups is 1. The summed E-state index contributed by atoms with van der Waals surface area (Å²) in [7, 11) is 0. The maximum atomic E-state index is 10.7. The van der Waals surface area contributed by atoms with E-state index in [0.29, 0.717) is 30.2 Å². The molecule has 32 heavy (non-hydrogen) atoms. The zero-order valence-electron chi connectivity index (χ0n) is 18.8. The molecule has 0 saturated heterocycles. The van der Waals surface area contributed by atoms with Crippen molar-refractivity contribution in [2.24, 2.45) is 5.92 Å². The van der Waals surface area contributed by atoms with Crippen molar-refractivity contribution in [1.29, 1.82) is 5.26 Å². The number of fused-ring (bicyclic) bond motifs is 1. The molecule has 0 spiro atoms. The maximum absolute atomic E-state index is 10.7. The molecule has 2 aromatic carbocycles. The second-order valence-electron chi connectivity index (χ2n) is 9.31. The summed E-state index contributed by atoms with van der Waals surface area (Å²) in [6.45, 7) is 4.78. The van der Waals surface area contributed by atoms with Gasteiger partial charge in [-0.25, -0.2) is 0 Å². The highest BCUT2D eigenvalue weighted by Gasteiger charge is 2.28. The van der Waals surface area contributed by atoms with Crippen LogP contribution in [0.15, 0.2) is 42.5 Å². The molecule has 1 aliphatic rings. The van der Waals surface area contributed by atoms with Crippen LogP contribution >= 0.6 is 0 Å². The van der Waals surface area contributed by atoms with Crippen molar-refractivity contribution in [3.05, 3.63) is 64.7 Å². The number of rotatable bonds is 11. The van der Waals surface area contributed by atoms with Gasteiger partial charge in [-0.1, -0.05) is 30.3 Å². The van der Waals surface area contributed by atoms with Gasteiger partial charge in [0.15, 0.2) is 0 Å². The Kier molecular flexibility index (Phi) is 7.89. The third-order valence-electron chi connectivity index (χ3n) is 5.97. The molecule has 2 aromatic rings. The summed E-state index contributed by atoms with van der Waals surface area (Å²) in [4.78, 5) is 10.7. The summed E-state index contributed by atoms with van der Waals surface area (Å²) in [6.07, 6.45) is 2.88. The Bertz CT molecular complexity index is 955. The fourth-order valence-electron chi connectivity index (χ4n) is 4.42. The number of carboxylic acid groups (broad SMARTS) is 1. The normalized spacial score (nSPS) is 14.6. The lowest BCUT2D eigenvalue weighted by Gasteiger charge is -2.30. The molecule has 1 unspecified atom stereocenters. The average molecular weight is 437 g/mol. The van der Waals surface area contributed by atoms with Crippen LogP contribution in [0.4, 0.5) is 0 Å². The number of nitrogens with one attached hydrogen (secondary N) is 1. The predicted octanol–water partition coefficient (Wildman–Crippen LogP) is 3.49. The molecule has 0 fully saturated rings. The van der Waals surface area contributed by atoms with E-state index < -0.39 is 12.1 Å². The van der Waals surface area contributed by atoms with Crippen molar-refractivity contribution in [3.63, 3.8) is 0 Å². The third-order valence-corrected chi connectivity index (χ3v) is 5.97. The molecule has 0 amide bonds. The van der Waals surface area contributed by atoms with Crippen LogP contribution in [-0.2, 0) is 24.1 Å². The number of aryl methyl sites for hydroxylation is 1. The molecular formula is C26H32N2O4. The molecule has 1 atom stereocenters. The zero-order valence-corrected chi connectivity index (χ0v) is 18.8. The first-order valence-corrected chi connectivity index (χ1v) is 11.1. The number of ether oxygens (including phenoxy) is 1. The first-order valence-electron chi connectivity index (χ1n) is 11.1. The minimum Gasteiger partial charge on any atom is -0.489 e. The number of carboxylic acids is 1. The van der Waals surface area contributed by atoms with Gasteiger partial charge in [0.1, 0.15) is 24.5 Å². The van der Waals surface area contributed by atoms with Crippen molar-refractivity contribution < 1.29 is 19.7 Å². The first kappa shape index (κ1) is 23.8. The molecule has 0 aromatic heterocycles. The van der Waals surface area contributed by atoms with Gasteiger partial charge in [0, 0.05) is 18.5 Å². The van der Waals surface area contributed by atoms with Crippen LogP contribution < -0.4 is 10.1 Å². The predicted molar refractivity (Wildman–Crippen MR) is 123 cm³/mol. The molecule has 6 heteroatoms. The summed E-state index contributed by atoms with van der Waals surface area (Å²) in [6, 6.07) is 15.8. The zero-order chi connectivity index (χ0) is 23.1. The number of aliphatic hydroxyl groups excluding tert-OH is 1. The van der Waals surface area contributed by atoms with Crippen LogP contribution in [-0.4, -0.2) is 41.0 Å². The largest absolute Gasteiger partial charge is 0.489 e. The summed E-state index contributed by atoms with van der Waals surface area (Å²) in [5.41, 5.74) is 3.90. The Hall–Kier alpha value is -2.88. The molecule has 0 aliphatic heterocycles. The Balaban J connectivity index is 1.45. The number of aliphatic carboxylic acids is 1. The van der Waals surface area contributed by atoms with Crippen molar-refractivity contribution in [2.75, 3.05) is 13.2 Å². The molecule has 0 heterocycles. The van der Waals surface area contributed by atoms with Gasteiger partial charge in [-0.2, -0.15) is 5.26 Å². The molecule has 0 saturated carbocycles. The van der Waals surface area contributed by atoms with Gasteiger partial charge in [-0.3, -0.25) is 4.79 Å². The fraction of sp³-hybridized carbons (Fsp3) is 0.462. The quantitative estimate of drug-likeness (QED) is 0.498. The van der Waals surface area contributed by atoms with Crippen LogP contribution in [0.3, 0.4) is 0 Å². The van der Waals surface area contributed by atoms with Crippen LogP contribution in [0.25, 0.3) is 0 Å². The minimum absolute atomic E-state index is 0.0121. The van der Waals surface area contributed by atoms with E-state index in [0.717, 1.165) is 24.8 Å². The molecule has 3 N–H and O–H groups in total. The highest BCUT2D eigenvalue weighted by atomic mass is 16.5. The van der Waals surface area contributed by atoms with Crippen molar-refractivity contribution in [3.8, 4) is 11.8 Å². The van der Waals surface area contributed by atoms with E-state index >= 15 is 0 Å². The number of hydrogen-bond donors (Lipinski definition) is 3. The maximum Gasteiger partial charge on any atom is 0.303 e. The van der Waals surface area contributed by atoms with E-state index in [-0.39, 0.29) is 18.6 Å². The summed E-state index contributed by atoms with van der Waals surface area (Å²) < 4.78 is 5.68. The lowest BCUT2D eigenvalue weighted by Crippen LogP contribution is -2.46. The van der Waals surface area contributed by atoms with E-state index in [9.17, 15) is 15.2 Å². The SMILES string of the molecule is CC(C)(CC1Cc2ccccc2C1)NCC(O)COc1ccc(CCC(=O)O)cc1C#N. The number of nitrogens with zero attached hydrogens (tertiary/aromatic N) is 1. The lowest BCUT2D eigenvalue weighted by atomic mass is 9.88. The van der Waals surface area contributed by atoms with E-state index in [1.54, 1.807) is 18.2 Å². The highest BCUT2D eigenvalue weighted by molar-refractivity contribution is 5.67. The van der Waals surface area contributed by atoms with Gasteiger partial charge < -0.3 is 20.3 Å². The fourth-order valence-corrected chi connectivity index (χ4v) is 4.42. The second-order valence-corrected chi connectivity index (χ2v) is 9.31. The lowest BCUT2D eigenvalue weighted by molar-refractivity contribution is -0.136. The molecular weight excluding hydrogens is 404 g/mol. The first-order chi connectivity index (χ1) is 15.3. The molecule has 3 rings (SSSR count). The average Bonchev–Trinajstić information content (AvgIpc) is 3.16. The Morgan fingerprint density at radius 3 is 2.56 bits per heavy atom. The third kappa shape index (κ3) is 6.81. The standard InChI is InChI=1S/C26H32N2O4/c1-26(2,14-19-12-20-5-3-4-6-21(20)13-19)28-16-23(29)17-32-24-9-7-18(8-10-25(30)31)11-22(24)15-27/h3-7,9,11,19,23,28-29H,8,10,12-14,16-17H2,1-2H3,(H,30,31). The van der Waals surface area contributed by atoms with Crippen LogP contribution in [0.5, 0.6) is 5.75 Å². The van der Waals surface area contributed by atoms with Gasteiger partial charge >= 0.3 is 5.97 Å². The summed E-state index contributed by atoms with van der Waals surface area (Å²) in [5.74, 6) is 0.120. The number of β-amino-alcohol motifs (C(OH)–C–C–N with tert-alkyl or cyclic N) is 1. The van der Waals surface area contributed by atoms with E-state index in [2.05, 4.69) is 49.5 Å². The Morgan fingerprint density at radius 2 is 1.94 bits per heavy atom. The number of hydrogen-bond acceptors (Lipinski definition) is 5. The smallest absolute Gasteiger partial charge is 0.303 e. The molecule has 0 bridgehead atoms. The monoisotopic (exact) mass is 436 g/mol. The Labute approximate surface area is 189 Å². The van der Waals surface area contributed by atoms with Gasteiger partial charge in [0.05, 0.1) is 5.56 Å². The van der Waals surface area contributed by atoms with E-state index in [4.69, 9.17) is 9.84 Å². The van der Waals surface area contributed by atoms with Crippen LogP contribution in [0.1, 0.15) is 48.9 Å². The topological polar surface area (TPSA) is 103 Å². The highest BCUT2D eigenvalue weighted by Crippen LogP contribution is 2.31. The van der Waals surface area contributed by atoms with E-state index in [1.165, 1.54) is 11.1 Å². The summed E-state index contributed by atoms with van der Waals surface area (Å²) in [5, 5.41) is 32.0. The molecule has 1 aliphatic carbocycles. The number of nitriles is 1. The van der Waals surface area contributed by atoms with Crippen molar-refractivity contribution in [2.45, 2.75) is 57.6 Å². The summed E-state index contributed by atoms with van der Waals surface area (Å²) >= 11 is 0. The van der Waals surface area contributed by atoms with Gasteiger partial charge in [0.2, 0.25) is 0 Å². The van der Waals surface area contributed by atoms with Crippen LogP contribution in [0.2, 0.25) is 0 Å². The molecule has 6 nitrogen and oxygen atoms in total. The van der Waals surface area contributed by atoms with E-state index in [1.807, 2.05) is 0 Å². The van der Waals surface area contributed by atoms with Gasteiger partial charge in [-0.05, 0) is 74.3 Å². The molecule has 0 radical (unpaired) electrons. The van der Waals surface area contributed by atoms with Gasteiger partial charge in [0.25, 0.3) is 0 Å². The van der Waals surface area contributed by atoms with Gasteiger partial charge in [-0.15, -0.1) is 0 Å². The number of aliphatic hydroxyl groups is 1. The second kappa shape index (κ2) is 10.6. The van der Waals surface area contributed by atoms with Crippen molar-refractivity contribution in [1.82, 2.24) is 5.32 Å². The van der Waals surface area contributed by atoms with Crippen molar-refractivity contribution >= 4 is 5.97 Å². The van der Waals surface area contributed by atoms with Crippen LogP contribution in [0, 0.1) is 17.2 Å². The molecule has 170 valence electrons. The number of benzene rings is 2.